The van der Waals surface area contributed by atoms with E-state index >= 15 is 0 Å². The smallest absolute Gasteiger partial charge is 0.0468 e. The van der Waals surface area contributed by atoms with Crippen molar-refractivity contribution in [2.75, 3.05) is 4.90 Å². The third kappa shape index (κ3) is 6.83. The molecule has 0 unspecified atom stereocenters. The Morgan fingerprint density at radius 1 is 0.197 bits per heavy atom. The highest BCUT2D eigenvalue weighted by atomic mass is 15.1. The summed E-state index contributed by atoms with van der Waals surface area (Å²) < 4.78 is 0. The monoisotopic (exact) mass is 775 g/mol. The average molecular weight is 776 g/mol. The number of nitrogens with zero attached hydrogens (tertiary/aromatic N) is 1. The van der Waals surface area contributed by atoms with Crippen LogP contribution in [0, 0.1) is 0 Å². The van der Waals surface area contributed by atoms with Gasteiger partial charge in [-0.25, -0.2) is 0 Å². The van der Waals surface area contributed by atoms with Crippen LogP contribution in [0.5, 0.6) is 0 Å². The first-order chi connectivity index (χ1) is 30.2. The van der Waals surface area contributed by atoms with Gasteiger partial charge in [-0.15, -0.1) is 0 Å². The minimum Gasteiger partial charge on any atom is -0.310 e. The van der Waals surface area contributed by atoms with Crippen LogP contribution >= 0.6 is 0 Å². The fourth-order valence-electron chi connectivity index (χ4n) is 9.07. The maximum Gasteiger partial charge on any atom is 0.0468 e. The summed E-state index contributed by atoms with van der Waals surface area (Å²) in [5.41, 5.74) is 15.3. The lowest BCUT2D eigenvalue weighted by atomic mass is 9.93. The Kier molecular flexibility index (Phi) is 9.26. The van der Waals surface area contributed by atoms with Gasteiger partial charge in [0, 0.05) is 17.1 Å². The largest absolute Gasteiger partial charge is 0.310 e. The molecule has 0 aliphatic rings. The fourth-order valence-corrected chi connectivity index (χ4v) is 9.07. The van der Waals surface area contributed by atoms with E-state index < -0.39 is 0 Å². The van der Waals surface area contributed by atoms with Gasteiger partial charge in [0.25, 0.3) is 0 Å². The predicted molar refractivity (Wildman–Crippen MR) is 261 cm³/mol. The molecular weight excluding hydrogens is 735 g/mol. The first-order valence-electron chi connectivity index (χ1n) is 21.0. The number of hydrogen-bond acceptors (Lipinski definition) is 1. The molecule has 0 saturated carbocycles. The van der Waals surface area contributed by atoms with Gasteiger partial charge in [-0.05, 0) is 136 Å². The van der Waals surface area contributed by atoms with E-state index in [4.69, 9.17) is 0 Å². The minimum atomic E-state index is 1.09. The number of benzene rings is 11. The molecule has 11 rings (SSSR count). The van der Waals surface area contributed by atoms with Crippen molar-refractivity contribution in [3.8, 4) is 55.6 Å². The second-order valence-electron chi connectivity index (χ2n) is 15.7. The molecule has 11 aromatic carbocycles. The van der Waals surface area contributed by atoms with Crippen molar-refractivity contribution < 1.29 is 0 Å². The Balaban J connectivity index is 1.03. The van der Waals surface area contributed by atoms with Crippen molar-refractivity contribution >= 4 is 49.4 Å². The third-order valence-corrected chi connectivity index (χ3v) is 12.1. The summed E-state index contributed by atoms with van der Waals surface area (Å²) in [7, 11) is 0. The number of anilines is 3. The van der Waals surface area contributed by atoms with E-state index in [1.807, 2.05) is 0 Å². The van der Waals surface area contributed by atoms with Gasteiger partial charge in [0.05, 0.1) is 0 Å². The van der Waals surface area contributed by atoms with Crippen molar-refractivity contribution in [1.29, 1.82) is 0 Å². The van der Waals surface area contributed by atoms with Gasteiger partial charge in [-0.1, -0.05) is 200 Å². The molecule has 0 N–H and O–H groups in total. The zero-order valence-electron chi connectivity index (χ0n) is 33.6. The van der Waals surface area contributed by atoms with Crippen LogP contribution in [0.3, 0.4) is 0 Å². The van der Waals surface area contributed by atoms with Crippen LogP contribution in [0.4, 0.5) is 17.1 Å². The van der Waals surface area contributed by atoms with Crippen molar-refractivity contribution in [1.82, 2.24) is 0 Å². The normalized spacial score (nSPS) is 11.3. The molecule has 0 saturated heterocycles. The molecule has 0 bridgehead atoms. The highest BCUT2D eigenvalue weighted by Crippen LogP contribution is 2.43. The SMILES string of the molecule is c1ccc(-c2ccc(N(c3ccc(-c4cccc(-c5cccc6ccccc56)c4)cc3)c3ccc(-c4cc5ccccc5c5ccccc45)cc3)cc2-c2ccccc2)cc1. The summed E-state index contributed by atoms with van der Waals surface area (Å²) in [5.74, 6) is 0. The summed E-state index contributed by atoms with van der Waals surface area (Å²) in [6.45, 7) is 0. The van der Waals surface area contributed by atoms with E-state index in [-0.39, 0.29) is 0 Å². The van der Waals surface area contributed by atoms with Gasteiger partial charge in [0.1, 0.15) is 0 Å². The Labute approximate surface area is 357 Å². The lowest BCUT2D eigenvalue weighted by Gasteiger charge is -2.27. The molecule has 286 valence electrons. The zero-order chi connectivity index (χ0) is 40.5. The standard InChI is InChI=1S/C60H41N/c1-3-15-43(16-4-1)56-38-37-52(41-60(56)45-17-5-2-6-18-45)61(51-35-31-46(32-36-51)59-40-49-20-8-10-25-55(49)57-26-11-12-27-58(57)59)50-33-29-42(30-34-50)47-22-13-23-48(39-47)54-28-14-21-44-19-7-9-24-53(44)54/h1-41H. The molecule has 11 aromatic rings. The molecule has 0 heterocycles. The van der Waals surface area contributed by atoms with E-state index in [2.05, 4.69) is 254 Å². The molecule has 0 radical (unpaired) electrons. The Bertz CT molecular complexity index is 3330. The molecule has 0 spiro atoms. The van der Waals surface area contributed by atoms with E-state index in [0.717, 1.165) is 17.1 Å². The fraction of sp³-hybridized carbons (Fsp3) is 0. The second kappa shape index (κ2) is 15.6. The molecular formula is C60H41N. The maximum atomic E-state index is 2.39. The van der Waals surface area contributed by atoms with Crippen molar-refractivity contribution in [2.24, 2.45) is 0 Å². The van der Waals surface area contributed by atoms with Gasteiger partial charge in [0.15, 0.2) is 0 Å². The highest BCUT2D eigenvalue weighted by Gasteiger charge is 2.18. The quantitative estimate of drug-likeness (QED) is 0.139. The first-order valence-corrected chi connectivity index (χ1v) is 21.0. The van der Waals surface area contributed by atoms with E-state index in [0.29, 0.717) is 0 Å². The molecule has 0 aliphatic heterocycles. The summed E-state index contributed by atoms with van der Waals surface area (Å²) in [4.78, 5) is 2.39. The molecule has 1 nitrogen and oxygen atoms in total. The van der Waals surface area contributed by atoms with E-state index in [1.54, 1.807) is 0 Å². The predicted octanol–water partition coefficient (Wildman–Crippen LogP) is 17.0. The molecule has 0 amide bonds. The van der Waals surface area contributed by atoms with Gasteiger partial charge in [-0.3, -0.25) is 0 Å². The van der Waals surface area contributed by atoms with Gasteiger partial charge in [-0.2, -0.15) is 0 Å². The Morgan fingerprint density at radius 3 is 1.41 bits per heavy atom. The zero-order valence-corrected chi connectivity index (χ0v) is 33.6. The second-order valence-corrected chi connectivity index (χ2v) is 15.7. The van der Waals surface area contributed by atoms with Gasteiger partial charge in [0.2, 0.25) is 0 Å². The first kappa shape index (κ1) is 36.1. The topological polar surface area (TPSA) is 3.24 Å². The summed E-state index contributed by atoms with van der Waals surface area (Å²) in [6.07, 6.45) is 0. The van der Waals surface area contributed by atoms with Crippen molar-refractivity contribution in [3.05, 3.63) is 249 Å². The number of hydrogen-bond donors (Lipinski definition) is 0. The number of fused-ring (bicyclic) bond motifs is 4. The van der Waals surface area contributed by atoms with E-state index in [9.17, 15) is 0 Å². The Morgan fingerprint density at radius 2 is 0.689 bits per heavy atom. The third-order valence-electron chi connectivity index (χ3n) is 12.1. The Hall–Kier alpha value is -8.00. The van der Waals surface area contributed by atoms with Crippen LogP contribution in [0.1, 0.15) is 0 Å². The van der Waals surface area contributed by atoms with Crippen LogP contribution < -0.4 is 4.90 Å². The molecule has 61 heavy (non-hydrogen) atoms. The van der Waals surface area contributed by atoms with Crippen LogP contribution in [0.15, 0.2) is 249 Å². The maximum absolute atomic E-state index is 2.39. The summed E-state index contributed by atoms with van der Waals surface area (Å²) in [6, 6.07) is 90.4. The van der Waals surface area contributed by atoms with Crippen LogP contribution in [-0.2, 0) is 0 Å². The molecule has 0 aliphatic carbocycles. The molecule has 1 heteroatoms. The van der Waals surface area contributed by atoms with Crippen LogP contribution in [0.2, 0.25) is 0 Å². The highest BCUT2D eigenvalue weighted by molar-refractivity contribution is 6.13. The van der Waals surface area contributed by atoms with Gasteiger partial charge >= 0.3 is 0 Å². The van der Waals surface area contributed by atoms with Crippen LogP contribution in [-0.4, -0.2) is 0 Å². The van der Waals surface area contributed by atoms with Crippen molar-refractivity contribution in [2.45, 2.75) is 0 Å². The van der Waals surface area contributed by atoms with Crippen molar-refractivity contribution in [3.63, 3.8) is 0 Å². The molecule has 0 aromatic heterocycles. The lowest BCUT2D eigenvalue weighted by molar-refractivity contribution is 1.28. The molecule has 0 fully saturated rings. The average Bonchev–Trinajstić information content (AvgIpc) is 3.34. The molecule has 0 atom stereocenters. The van der Waals surface area contributed by atoms with Crippen LogP contribution in [0.25, 0.3) is 88.0 Å². The lowest BCUT2D eigenvalue weighted by Crippen LogP contribution is -2.10. The number of rotatable bonds is 8. The minimum absolute atomic E-state index is 1.09. The summed E-state index contributed by atoms with van der Waals surface area (Å²) >= 11 is 0. The summed E-state index contributed by atoms with van der Waals surface area (Å²) in [5, 5.41) is 7.57. The van der Waals surface area contributed by atoms with Gasteiger partial charge < -0.3 is 4.90 Å². The van der Waals surface area contributed by atoms with E-state index in [1.165, 1.54) is 88.0 Å².